The van der Waals surface area contributed by atoms with Gasteiger partial charge in [-0.1, -0.05) is 12.1 Å². The molecular formula is C14H13ClN2O2S. The molecule has 1 aliphatic heterocycles. The van der Waals surface area contributed by atoms with Gasteiger partial charge >= 0.3 is 0 Å². The number of thiazole rings is 1. The van der Waals surface area contributed by atoms with Crippen LogP contribution in [0.25, 0.3) is 0 Å². The molecule has 0 radical (unpaired) electrons. The van der Waals surface area contributed by atoms with Crippen molar-refractivity contribution in [2.24, 2.45) is 0 Å². The van der Waals surface area contributed by atoms with E-state index in [9.17, 15) is 4.79 Å². The lowest BCUT2D eigenvalue weighted by Gasteiger charge is -2.27. The van der Waals surface area contributed by atoms with E-state index in [2.05, 4.69) is 4.98 Å². The van der Waals surface area contributed by atoms with Crippen LogP contribution >= 0.6 is 22.9 Å². The first-order valence-electron chi connectivity index (χ1n) is 6.24. The number of ether oxygens (including phenoxy) is 1. The van der Waals surface area contributed by atoms with Gasteiger partial charge in [-0.05, 0) is 12.1 Å². The zero-order valence-electron chi connectivity index (χ0n) is 10.9. The molecule has 2 heterocycles. The monoisotopic (exact) mass is 308 g/mol. The Balaban J connectivity index is 1.99. The van der Waals surface area contributed by atoms with Crippen LogP contribution in [-0.4, -0.2) is 24.5 Å². The fourth-order valence-electron chi connectivity index (χ4n) is 2.32. The summed E-state index contributed by atoms with van der Waals surface area (Å²) in [6.45, 7) is 0.609. The summed E-state index contributed by atoms with van der Waals surface area (Å²) in [6, 6.07) is 7.54. The van der Waals surface area contributed by atoms with Crippen LogP contribution in [0.4, 0.5) is 5.69 Å². The Labute approximate surface area is 126 Å². The zero-order chi connectivity index (χ0) is 14.1. The Bertz CT molecular complexity index is 656. The first-order valence-corrected chi connectivity index (χ1v) is 7.59. The van der Waals surface area contributed by atoms with Crippen molar-refractivity contribution in [1.82, 2.24) is 4.98 Å². The number of methoxy groups -OCH3 is 1. The molecule has 1 amide bonds. The van der Waals surface area contributed by atoms with Crippen molar-refractivity contribution < 1.29 is 9.53 Å². The Hall–Kier alpha value is -1.59. The summed E-state index contributed by atoms with van der Waals surface area (Å²) in [6.07, 6.45) is 0.743. The number of halogens is 1. The van der Waals surface area contributed by atoms with Crippen molar-refractivity contribution in [1.29, 1.82) is 0 Å². The lowest BCUT2D eigenvalue weighted by atomic mass is 10.1. The van der Waals surface area contributed by atoms with Gasteiger partial charge < -0.3 is 9.64 Å². The summed E-state index contributed by atoms with van der Waals surface area (Å²) in [5.74, 6) is 1.02. The van der Waals surface area contributed by atoms with Crippen molar-refractivity contribution in [3.8, 4) is 5.75 Å². The van der Waals surface area contributed by atoms with Gasteiger partial charge in [0.05, 0.1) is 24.4 Å². The molecule has 20 heavy (non-hydrogen) atoms. The molecule has 4 nitrogen and oxygen atoms in total. The number of amides is 1. The molecule has 1 aromatic heterocycles. The average molecular weight is 309 g/mol. The van der Waals surface area contributed by atoms with Crippen LogP contribution in [0, 0.1) is 0 Å². The summed E-state index contributed by atoms with van der Waals surface area (Å²) in [5.41, 5.74) is 1.66. The highest BCUT2D eigenvalue weighted by Crippen LogP contribution is 2.33. The van der Waals surface area contributed by atoms with Gasteiger partial charge in [-0.3, -0.25) is 4.79 Å². The van der Waals surface area contributed by atoms with Gasteiger partial charge in [-0.15, -0.1) is 22.9 Å². The molecule has 2 aromatic rings. The number of fused-ring (bicyclic) bond motifs is 1. The van der Waals surface area contributed by atoms with E-state index in [0.29, 0.717) is 23.1 Å². The summed E-state index contributed by atoms with van der Waals surface area (Å²) in [5, 5.41) is 0.798. The van der Waals surface area contributed by atoms with Crippen molar-refractivity contribution in [3.63, 3.8) is 0 Å². The van der Waals surface area contributed by atoms with Crippen LogP contribution in [0.3, 0.4) is 0 Å². The molecule has 0 fully saturated rings. The average Bonchev–Trinajstić information content (AvgIpc) is 2.92. The van der Waals surface area contributed by atoms with E-state index in [4.69, 9.17) is 16.3 Å². The molecular weight excluding hydrogens is 296 g/mol. The predicted octanol–water partition coefficient (Wildman–Crippen LogP) is 3.09. The smallest absolute Gasteiger partial charge is 0.270 e. The quantitative estimate of drug-likeness (QED) is 0.818. The highest BCUT2D eigenvalue weighted by molar-refractivity contribution is 7.14. The van der Waals surface area contributed by atoms with Gasteiger partial charge in [0.25, 0.3) is 5.91 Å². The molecule has 6 heteroatoms. The number of benzene rings is 1. The second-order valence-electron chi connectivity index (χ2n) is 4.40. The third-order valence-electron chi connectivity index (χ3n) is 3.24. The van der Waals surface area contributed by atoms with Crippen LogP contribution in [0.1, 0.15) is 20.4 Å². The molecule has 0 unspecified atom stereocenters. The Kier molecular flexibility index (Phi) is 3.63. The van der Waals surface area contributed by atoms with Crippen LogP contribution in [0.15, 0.2) is 24.3 Å². The molecule has 0 atom stereocenters. The van der Waals surface area contributed by atoms with Gasteiger partial charge in [0.1, 0.15) is 15.6 Å². The molecule has 0 spiro atoms. The maximum absolute atomic E-state index is 12.6. The van der Waals surface area contributed by atoms with Crippen LogP contribution < -0.4 is 9.64 Å². The van der Waals surface area contributed by atoms with Gasteiger partial charge in [0.15, 0.2) is 0 Å². The number of aromatic nitrogens is 1. The molecule has 104 valence electrons. The number of anilines is 1. The summed E-state index contributed by atoms with van der Waals surface area (Å²) >= 11 is 7.18. The third kappa shape index (κ3) is 2.17. The fourth-order valence-corrected chi connectivity index (χ4v) is 3.45. The van der Waals surface area contributed by atoms with Crippen molar-refractivity contribution in [2.45, 2.75) is 12.3 Å². The number of nitrogens with zero attached hydrogens (tertiary/aromatic N) is 2. The SMILES string of the molecule is COc1ccccc1N1CCc2nc(CCl)sc2C1=O. The number of para-hydroxylation sites is 2. The van der Waals surface area contributed by atoms with E-state index in [-0.39, 0.29) is 5.91 Å². The van der Waals surface area contributed by atoms with Crippen molar-refractivity contribution in [2.75, 3.05) is 18.6 Å². The number of hydrogen-bond acceptors (Lipinski definition) is 4. The maximum Gasteiger partial charge on any atom is 0.270 e. The Morgan fingerprint density at radius 1 is 1.45 bits per heavy atom. The van der Waals surface area contributed by atoms with E-state index in [1.54, 1.807) is 12.0 Å². The molecule has 1 aliphatic rings. The first kappa shape index (κ1) is 13.4. The Morgan fingerprint density at radius 3 is 3.00 bits per heavy atom. The van der Waals surface area contributed by atoms with E-state index < -0.39 is 0 Å². The minimum atomic E-state index is -0.0235. The molecule has 0 N–H and O–H groups in total. The number of carbonyl (C=O) groups excluding carboxylic acids is 1. The standard InChI is InChI=1S/C14H13ClN2O2S/c1-19-11-5-3-2-4-10(11)17-7-6-9-13(14(17)18)20-12(8-15)16-9/h2-5H,6-8H2,1H3. The lowest BCUT2D eigenvalue weighted by Crippen LogP contribution is -2.37. The fraction of sp³-hybridized carbons (Fsp3) is 0.286. The minimum absolute atomic E-state index is 0.0235. The summed E-state index contributed by atoms with van der Waals surface area (Å²) in [4.78, 5) is 19.5. The summed E-state index contributed by atoms with van der Waals surface area (Å²) in [7, 11) is 1.61. The number of hydrogen-bond donors (Lipinski definition) is 0. The predicted molar refractivity (Wildman–Crippen MR) is 80.0 cm³/mol. The highest BCUT2D eigenvalue weighted by Gasteiger charge is 2.30. The molecule has 0 saturated heterocycles. The van der Waals surface area contributed by atoms with E-state index in [1.165, 1.54) is 11.3 Å². The van der Waals surface area contributed by atoms with E-state index in [0.717, 1.165) is 22.8 Å². The molecule has 0 saturated carbocycles. The van der Waals surface area contributed by atoms with Gasteiger partial charge in [-0.25, -0.2) is 4.98 Å². The number of rotatable bonds is 3. The molecule has 0 bridgehead atoms. The van der Waals surface area contributed by atoms with Gasteiger partial charge in [0, 0.05) is 13.0 Å². The third-order valence-corrected chi connectivity index (χ3v) is 4.74. The maximum atomic E-state index is 12.6. The second kappa shape index (κ2) is 5.42. The van der Waals surface area contributed by atoms with E-state index in [1.807, 2.05) is 24.3 Å². The Morgan fingerprint density at radius 2 is 2.25 bits per heavy atom. The van der Waals surface area contributed by atoms with Crippen LogP contribution in [0.2, 0.25) is 0 Å². The van der Waals surface area contributed by atoms with Crippen molar-refractivity contribution in [3.05, 3.63) is 39.8 Å². The molecule has 3 rings (SSSR count). The highest BCUT2D eigenvalue weighted by atomic mass is 35.5. The topological polar surface area (TPSA) is 42.4 Å². The first-order chi connectivity index (χ1) is 9.74. The number of carbonyl (C=O) groups is 1. The van der Waals surface area contributed by atoms with Gasteiger partial charge in [-0.2, -0.15) is 0 Å². The minimum Gasteiger partial charge on any atom is -0.495 e. The lowest BCUT2D eigenvalue weighted by molar-refractivity contribution is 0.0983. The van der Waals surface area contributed by atoms with Crippen LogP contribution in [-0.2, 0) is 12.3 Å². The largest absolute Gasteiger partial charge is 0.495 e. The van der Waals surface area contributed by atoms with Crippen LogP contribution in [0.5, 0.6) is 5.75 Å². The molecule has 1 aromatic carbocycles. The normalized spacial score (nSPS) is 14.3. The van der Waals surface area contributed by atoms with Crippen molar-refractivity contribution >= 4 is 34.5 Å². The van der Waals surface area contributed by atoms with Gasteiger partial charge in [0.2, 0.25) is 0 Å². The summed E-state index contributed by atoms with van der Waals surface area (Å²) < 4.78 is 5.33. The number of alkyl halides is 1. The molecule has 0 aliphatic carbocycles. The zero-order valence-corrected chi connectivity index (χ0v) is 12.5. The second-order valence-corrected chi connectivity index (χ2v) is 5.75. The van der Waals surface area contributed by atoms with E-state index >= 15 is 0 Å².